The first-order chi connectivity index (χ1) is 3.93. The van der Waals surface area contributed by atoms with Gasteiger partial charge in [0.15, 0.2) is 0 Å². The molecule has 1 heterocycles. The van der Waals surface area contributed by atoms with Crippen molar-refractivity contribution in [3.63, 3.8) is 0 Å². The predicted molar refractivity (Wildman–Crippen MR) is 38.6 cm³/mol. The third-order valence-corrected chi connectivity index (χ3v) is 1.65. The summed E-state index contributed by atoms with van der Waals surface area (Å²) in [5.41, 5.74) is 0.552. The van der Waals surface area contributed by atoms with E-state index in [1.54, 1.807) is 12.4 Å². The first-order valence-corrected chi connectivity index (χ1v) is 3.84. The van der Waals surface area contributed by atoms with Gasteiger partial charge in [-0.2, -0.15) is 5.26 Å². The van der Waals surface area contributed by atoms with Crippen molar-refractivity contribution in [3.8, 4) is 6.07 Å². The minimum Gasteiger partial charge on any atom is -0.211 e. The third-order valence-electron chi connectivity index (χ3n) is 0.592. The van der Waals surface area contributed by atoms with Crippen LogP contribution in [-0.2, 0) is 0 Å². The second kappa shape index (κ2) is 2.67. The van der Waals surface area contributed by atoms with Gasteiger partial charge in [0, 0.05) is 0 Å². The van der Waals surface area contributed by atoms with Crippen LogP contribution in [0, 0.1) is 11.3 Å². The molecule has 1 rings (SSSR count). The number of hydrogen-bond donors (Lipinski definition) is 0. The largest absolute Gasteiger partial charge is 0.211 e. The standard InChI is InChI=1S/C4H2IN3/c6-1-4-2-7-5-8-3-4/h2-3H. The molecule has 0 radical (unpaired) electrons. The Morgan fingerprint density at radius 3 is 3.00 bits per heavy atom. The quantitative estimate of drug-likeness (QED) is 0.570. The van der Waals surface area contributed by atoms with E-state index in [-0.39, 0.29) is 21.3 Å². The van der Waals surface area contributed by atoms with Gasteiger partial charge in [0.25, 0.3) is 0 Å². The first-order valence-electron chi connectivity index (χ1n) is 1.91. The highest BCUT2D eigenvalue weighted by molar-refractivity contribution is 14.1. The Morgan fingerprint density at radius 1 is 1.75 bits per heavy atom. The van der Waals surface area contributed by atoms with Crippen molar-refractivity contribution >= 4 is 27.5 Å². The zero-order valence-corrected chi connectivity index (χ0v) is 6.03. The lowest BCUT2D eigenvalue weighted by Crippen LogP contribution is -1.77. The molecule has 0 atom stereocenters. The summed E-state index contributed by atoms with van der Waals surface area (Å²) in [5.74, 6) is 0. The zero-order chi connectivity index (χ0) is 5.82. The van der Waals surface area contributed by atoms with Gasteiger partial charge in [-0.05, 0) is 0 Å². The Kier molecular flexibility index (Phi) is 1.86. The number of allylic oxidation sites excluding steroid dienone is 1. The van der Waals surface area contributed by atoms with Crippen molar-refractivity contribution in [1.82, 2.24) is 0 Å². The molecule has 8 heavy (non-hydrogen) atoms. The molecular formula is C4H2IN3. The van der Waals surface area contributed by atoms with Crippen LogP contribution in [-0.4, -0.2) is 6.21 Å². The Hall–Kier alpha value is -0.570. The molecule has 0 saturated carbocycles. The molecule has 0 unspecified atom stereocenters. The van der Waals surface area contributed by atoms with Gasteiger partial charge < -0.3 is 0 Å². The van der Waals surface area contributed by atoms with E-state index in [1.807, 2.05) is 6.07 Å². The lowest BCUT2D eigenvalue weighted by Gasteiger charge is -1.84. The van der Waals surface area contributed by atoms with Crippen LogP contribution in [0.15, 0.2) is 18.1 Å². The maximum absolute atomic E-state index is 8.23. The fourth-order valence-electron chi connectivity index (χ4n) is 0.265. The SMILES string of the molecule is N#CC1=CN=IN=C1. The molecule has 40 valence electrons. The van der Waals surface area contributed by atoms with Crippen molar-refractivity contribution in [2.24, 2.45) is 6.35 Å². The molecule has 0 aromatic rings. The van der Waals surface area contributed by atoms with E-state index in [1.165, 1.54) is 0 Å². The van der Waals surface area contributed by atoms with E-state index in [0.29, 0.717) is 5.57 Å². The van der Waals surface area contributed by atoms with Gasteiger partial charge in [0.1, 0.15) is 27.4 Å². The average molecular weight is 219 g/mol. The Balaban J connectivity index is 2.88. The third kappa shape index (κ3) is 1.20. The second-order valence-electron chi connectivity index (χ2n) is 1.10. The molecule has 0 bridgehead atoms. The van der Waals surface area contributed by atoms with Gasteiger partial charge in [-0.1, -0.05) is 0 Å². The number of hydrogen-bond acceptors (Lipinski definition) is 3. The van der Waals surface area contributed by atoms with Crippen LogP contribution >= 0.6 is 21.3 Å². The highest BCUT2D eigenvalue weighted by Crippen LogP contribution is 2.08. The summed E-state index contributed by atoms with van der Waals surface area (Å²) in [6.45, 7) is 0. The molecule has 0 saturated heterocycles. The van der Waals surface area contributed by atoms with Crippen molar-refractivity contribution in [1.29, 1.82) is 5.26 Å². The lowest BCUT2D eigenvalue weighted by molar-refractivity contribution is 1.50. The predicted octanol–water partition coefficient (Wildman–Crippen LogP) is 1.55. The number of rotatable bonds is 0. The van der Waals surface area contributed by atoms with Crippen molar-refractivity contribution in [2.75, 3.05) is 0 Å². The molecule has 0 fully saturated rings. The van der Waals surface area contributed by atoms with E-state index >= 15 is 0 Å². The fraction of sp³-hybridized carbons (Fsp3) is 0. The summed E-state index contributed by atoms with van der Waals surface area (Å²) in [4.78, 5) is 0. The van der Waals surface area contributed by atoms with E-state index in [4.69, 9.17) is 5.26 Å². The maximum Gasteiger partial charge on any atom is 0.142 e. The molecule has 1 aliphatic heterocycles. The van der Waals surface area contributed by atoms with E-state index in [2.05, 4.69) is 6.35 Å². The molecule has 0 amide bonds. The summed E-state index contributed by atoms with van der Waals surface area (Å²) in [7, 11) is 0. The fourth-order valence-corrected chi connectivity index (χ4v) is 1.26. The summed E-state index contributed by atoms with van der Waals surface area (Å²) in [6, 6.07) is 1.94. The average Bonchev–Trinajstić information content (AvgIpc) is 1.90. The molecule has 0 aromatic heterocycles. The minimum absolute atomic E-state index is 0.352. The van der Waals surface area contributed by atoms with Crippen LogP contribution < -0.4 is 0 Å². The molecule has 1 aliphatic rings. The van der Waals surface area contributed by atoms with E-state index in [0.717, 1.165) is 0 Å². The maximum atomic E-state index is 8.23. The van der Waals surface area contributed by atoms with Gasteiger partial charge in [0.2, 0.25) is 0 Å². The van der Waals surface area contributed by atoms with Gasteiger partial charge in [-0.3, -0.25) is 0 Å². The monoisotopic (exact) mass is 219 g/mol. The molecule has 4 heteroatoms. The van der Waals surface area contributed by atoms with Gasteiger partial charge in [-0.15, -0.1) is 0 Å². The molecule has 0 aromatic carbocycles. The van der Waals surface area contributed by atoms with Crippen LogP contribution in [0.25, 0.3) is 0 Å². The Labute approximate surface area is 57.2 Å². The number of nitrogens with zero attached hydrogens (tertiary/aromatic N) is 3. The first kappa shape index (κ1) is 5.56. The molecule has 0 spiro atoms. The normalized spacial score (nSPS) is 16.1. The summed E-state index contributed by atoms with van der Waals surface area (Å²) >= 11 is -0.352. The van der Waals surface area contributed by atoms with Gasteiger partial charge in [0.05, 0.1) is 18.0 Å². The number of nitriles is 1. The second-order valence-corrected chi connectivity index (χ2v) is 2.64. The minimum atomic E-state index is -0.352. The lowest BCUT2D eigenvalue weighted by atomic mass is 10.4. The van der Waals surface area contributed by atoms with E-state index < -0.39 is 0 Å². The molecule has 0 aliphatic carbocycles. The summed E-state index contributed by atoms with van der Waals surface area (Å²) in [5, 5.41) is 8.23. The molecule has 0 N–H and O–H groups in total. The summed E-state index contributed by atoms with van der Waals surface area (Å²) in [6.07, 6.45) is 3.14. The van der Waals surface area contributed by atoms with Crippen LogP contribution in [0.3, 0.4) is 0 Å². The van der Waals surface area contributed by atoms with Crippen LogP contribution in [0.2, 0.25) is 0 Å². The smallest absolute Gasteiger partial charge is 0.142 e. The van der Waals surface area contributed by atoms with Crippen LogP contribution in [0.1, 0.15) is 0 Å². The number of halogens is 1. The van der Waals surface area contributed by atoms with Gasteiger partial charge in [-0.25, -0.2) is 6.35 Å². The van der Waals surface area contributed by atoms with Crippen molar-refractivity contribution in [3.05, 3.63) is 11.8 Å². The molecular weight excluding hydrogens is 217 g/mol. The van der Waals surface area contributed by atoms with Crippen molar-refractivity contribution in [2.45, 2.75) is 0 Å². The Morgan fingerprint density at radius 2 is 2.62 bits per heavy atom. The van der Waals surface area contributed by atoms with E-state index in [9.17, 15) is 0 Å². The topological polar surface area (TPSA) is 48.5 Å². The zero-order valence-electron chi connectivity index (χ0n) is 3.87. The van der Waals surface area contributed by atoms with Crippen molar-refractivity contribution < 1.29 is 0 Å². The highest BCUT2D eigenvalue weighted by atomic mass is 127. The summed E-state index contributed by atoms with van der Waals surface area (Å²) < 4.78 is 7.71. The highest BCUT2D eigenvalue weighted by Gasteiger charge is 1.89. The molecule has 3 nitrogen and oxygen atoms in total. The van der Waals surface area contributed by atoms with Crippen LogP contribution in [0.5, 0.6) is 0 Å². The van der Waals surface area contributed by atoms with Crippen LogP contribution in [0.4, 0.5) is 0 Å². The Bertz CT molecular complexity index is 208. The van der Waals surface area contributed by atoms with Gasteiger partial charge >= 0.3 is 0 Å².